The standard InChI is InChI=1S/C10H17N3O3S2/c1-13-9(8-3-6-18(15,16)7-8)11-12-10(13)17-5-2-4-14/h8,14H,2-7H2,1H3/t8-/m0/s1. The van der Waals surface area contributed by atoms with Gasteiger partial charge in [-0.25, -0.2) is 8.42 Å². The molecule has 102 valence electrons. The molecule has 1 aliphatic rings. The molecule has 1 aromatic rings. The summed E-state index contributed by atoms with van der Waals surface area (Å²) in [4.78, 5) is 0. The number of hydrogen-bond donors (Lipinski definition) is 1. The molecule has 0 radical (unpaired) electrons. The highest BCUT2D eigenvalue weighted by molar-refractivity contribution is 7.99. The first-order valence-electron chi connectivity index (χ1n) is 5.87. The van der Waals surface area contributed by atoms with Gasteiger partial charge < -0.3 is 9.67 Å². The summed E-state index contributed by atoms with van der Waals surface area (Å²) in [7, 11) is -1.03. The van der Waals surface area contributed by atoms with E-state index in [-0.39, 0.29) is 24.0 Å². The Hall–Kier alpha value is -0.600. The molecular formula is C10H17N3O3S2. The maximum atomic E-state index is 11.5. The molecule has 8 heteroatoms. The Morgan fingerprint density at radius 3 is 2.89 bits per heavy atom. The largest absolute Gasteiger partial charge is 0.396 e. The van der Waals surface area contributed by atoms with Gasteiger partial charge in [0.2, 0.25) is 0 Å². The van der Waals surface area contributed by atoms with E-state index < -0.39 is 9.84 Å². The molecule has 1 aliphatic heterocycles. The minimum Gasteiger partial charge on any atom is -0.396 e. The van der Waals surface area contributed by atoms with Gasteiger partial charge in [-0.1, -0.05) is 11.8 Å². The number of aliphatic hydroxyl groups excluding tert-OH is 1. The summed E-state index contributed by atoms with van der Waals surface area (Å²) in [5, 5.41) is 17.7. The third kappa shape index (κ3) is 3.04. The van der Waals surface area contributed by atoms with E-state index in [0.29, 0.717) is 12.8 Å². The van der Waals surface area contributed by atoms with E-state index in [4.69, 9.17) is 5.11 Å². The normalized spacial score (nSPS) is 22.4. The molecule has 0 spiro atoms. The van der Waals surface area contributed by atoms with Crippen LogP contribution in [0.1, 0.15) is 24.6 Å². The Labute approximate surface area is 111 Å². The van der Waals surface area contributed by atoms with E-state index in [1.165, 1.54) is 11.8 Å². The van der Waals surface area contributed by atoms with Gasteiger partial charge in [0.1, 0.15) is 5.82 Å². The number of hydrogen-bond acceptors (Lipinski definition) is 6. The SMILES string of the molecule is Cn1c(SCCCO)nnc1[C@H]1CCS(=O)(=O)C1. The Balaban J connectivity index is 2.06. The van der Waals surface area contributed by atoms with E-state index in [0.717, 1.165) is 16.7 Å². The van der Waals surface area contributed by atoms with Gasteiger partial charge in [-0.15, -0.1) is 10.2 Å². The van der Waals surface area contributed by atoms with Crippen molar-refractivity contribution in [3.8, 4) is 0 Å². The maximum absolute atomic E-state index is 11.5. The van der Waals surface area contributed by atoms with Crippen LogP contribution in [0.3, 0.4) is 0 Å². The fraction of sp³-hybridized carbons (Fsp3) is 0.800. The molecule has 0 aromatic carbocycles. The summed E-state index contributed by atoms with van der Waals surface area (Å²) in [6.45, 7) is 0.165. The van der Waals surface area contributed by atoms with Crippen LogP contribution in [0.25, 0.3) is 0 Å². The highest BCUT2D eigenvalue weighted by Crippen LogP contribution is 2.29. The number of aliphatic hydroxyl groups is 1. The van der Waals surface area contributed by atoms with Gasteiger partial charge in [0.25, 0.3) is 0 Å². The average Bonchev–Trinajstić information content (AvgIpc) is 2.83. The first kappa shape index (κ1) is 13.8. The van der Waals surface area contributed by atoms with Gasteiger partial charge >= 0.3 is 0 Å². The zero-order valence-corrected chi connectivity index (χ0v) is 11.9. The van der Waals surface area contributed by atoms with Crippen molar-refractivity contribution >= 4 is 21.6 Å². The molecule has 18 heavy (non-hydrogen) atoms. The van der Waals surface area contributed by atoms with Gasteiger partial charge in [0.15, 0.2) is 15.0 Å². The first-order chi connectivity index (χ1) is 8.53. The minimum atomic E-state index is -2.89. The summed E-state index contributed by atoms with van der Waals surface area (Å²) < 4.78 is 24.8. The lowest BCUT2D eigenvalue weighted by Crippen LogP contribution is -2.09. The molecule has 1 atom stereocenters. The van der Waals surface area contributed by atoms with E-state index >= 15 is 0 Å². The second kappa shape index (κ2) is 5.58. The Kier molecular flexibility index (Phi) is 4.29. The summed E-state index contributed by atoms with van der Waals surface area (Å²) in [5.74, 6) is 1.94. The molecule has 1 saturated heterocycles. The molecule has 0 amide bonds. The fourth-order valence-electron chi connectivity index (χ4n) is 2.03. The topological polar surface area (TPSA) is 85.1 Å². The predicted molar refractivity (Wildman–Crippen MR) is 69.4 cm³/mol. The molecule has 2 rings (SSSR count). The van der Waals surface area contributed by atoms with Crippen molar-refractivity contribution in [3.05, 3.63) is 5.82 Å². The summed E-state index contributed by atoms with van der Waals surface area (Å²) in [6, 6.07) is 0. The lowest BCUT2D eigenvalue weighted by Gasteiger charge is -2.07. The zero-order valence-electron chi connectivity index (χ0n) is 10.2. The lowest BCUT2D eigenvalue weighted by atomic mass is 10.1. The van der Waals surface area contributed by atoms with Gasteiger partial charge in [-0.2, -0.15) is 0 Å². The number of aromatic nitrogens is 3. The van der Waals surface area contributed by atoms with Crippen LogP contribution in [-0.2, 0) is 16.9 Å². The monoisotopic (exact) mass is 291 g/mol. The van der Waals surface area contributed by atoms with Crippen LogP contribution < -0.4 is 0 Å². The highest BCUT2D eigenvalue weighted by Gasteiger charge is 2.32. The second-order valence-electron chi connectivity index (χ2n) is 4.43. The Morgan fingerprint density at radius 1 is 1.50 bits per heavy atom. The first-order valence-corrected chi connectivity index (χ1v) is 8.67. The van der Waals surface area contributed by atoms with Gasteiger partial charge in [0.05, 0.1) is 11.5 Å². The van der Waals surface area contributed by atoms with Crippen LogP contribution >= 0.6 is 11.8 Å². The second-order valence-corrected chi connectivity index (χ2v) is 7.72. The predicted octanol–water partition coefficient (Wildman–Crippen LogP) is 0.192. The smallest absolute Gasteiger partial charge is 0.190 e. The maximum Gasteiger partial charge on any atom is 0.190 e. The van der Waals surface area contributed by atoms with E-state index in [2.05, 4.69) is 10.2 Å². The number of rotatable bonds is 5. The summed E-state index contributed by atoms with van der Waals surface area (Å²) >= 11 is 1.53. The molecule has 0 unspecified atom stereocenters. The van der Waals surface area contributed by atoms with Crippen LogP contribution in [0.4, 0.5) is 0 Å². The van der Waals surface area contributed by atoms with Crippen molar-refractivity contribution in [1.82, 2.24) is 14.8 Å². The third-order valence-corrected chi connectivity index (χ3v) is 5.87. The lowest BCUT2D eigenvalue weighted by molar-refractivity contribution is 0.296. The van der Waals surface area contributed by atoms with Gasteiger partial charge in [-0.3, -0.25) is 0 Å². The van der Waals surface area contributed by atoms with E-state index in [9.17, 15) is 8.42 Å². The van der Waals surface area contributed by atoms with Crippen molar-refractivity contribution < 1.29 is 13.5 Å². The molecule has 0 aliphatic carbocycles. The minimum absolute atomic E-state index is 0.0281. The Bertz CT molecular complexity index is 512. The molecule has 0 bridgehead atoms. The molecular weight excluding hydrogens is 274 g/mol. The van der Waals surface area contributed by atoms with E-state index in [1.807, 2.05) is 11.6 Å². The summed E-state index contributed by atoms with van der Waals surface area (Å²) in [6.07, 6.45) is 1.35. The van der Waals surface area contributed by atoms with Crippen molar-refractivity contribution in [2.75, 3.05) is 23.9 Å². The summed E-state index contributed by atoms with van der Waals surface area (Å²) in [5.41, 5.74) is 0. The number of sulfone groups is 1. The van der Waals surface area contributed by atoms with Gasteiger partial charge in [0, 0.05) is 25.3 Å². The molecule has 2 heterocycles. The molecule has 1 N–H and O–H groups in total. The molecule has 1 fully saturated rings. The van der Waals surface area contributed by atoms with Crippen molar-refractivity contribution in [1.29, 1.82) is 0 Å². The fourth-order valence-corrected chi connectivity index (χ4v) is 4.61. The third-order valence-electron chi connectivity index (χ3n) is 3.00. The van der Waals surface area contributed by atoms with Gasteiger partial charge in [-0.05, 0) is 12.8 Å². The van der Waals surface area contributed by atoms with Crippen molar-refractivity contribution in [2.24, 2.45) is 7.05 Å². The van der Waals surface area contributed by atoms with Crippen LogP contribution in [0.5, 0.6) is 0 Å². The number of nitrogens with zero attached hydrogens (tertiary/aromatic N) is 3. The van der Waals surface area contributed by atoms with Crippen LogP contribution in [0.2, 0.25) is 0 Å². The zero-order chi connectivity index (χ0) is 13.2. The number of thioether (sulfide) groups is 1. The quantitative estimate of drug-likeness (QED) is 0.616. The van der Waals surface area contributed by atoms with E-state index in [1.54, 1.807) is 0 Å². The van der Waals surface area contributed by atoms with Crippen molar-refractivity contribution in [2.45, 2.75) is 23.9 Å². The van der Waals surface area contributed by atoms with Crippen LogP contribution in [-0.4, -0.2) is 52.2 Å². The highest BCUT2D eigenvalue weighted by atomic mass is 32.2. The van der Waals surface area contributed by atoms with Crippen molar-refractivity contribution in [3.63, 3.8) is 0 Å². The average molecular weight is 291 g/mol. The van der Waals surface area contributed by atoms with Crippen LogP contribution in [0.15, 0.2) is 5.16 Å². The molecule has 0 saturated carbocycles. The molecule has 6 nitrogen and oxygen atoms in total. The van der Waals surface area contributed by atoms with Crippen LogP contribution in [0, 0.1) is 0 Å². The molecule has 1 aromatic heterocycles. The Morgan fingerprint density at radius 2 is 2.28 bits per heavy atom.